The number of halogens is 3. The summed E-state index contributed by atoms with van der Waals surface area (Å²) in [5.41, 5.74) is 3.12. The topological polar surface area (TPSA) is 54.0 Å². The molecule has 0 bridgehead atoms. The van der Waals surface area contributed by atoms with Gasteiger partial charge in [0.2, 0.25) is 0 Å². The van der Waals surface area contributed by atoms with E-state index in [1.54, 1.807) is 4.90 Å². The minimum Gasteiger partial charge on any atom is -0.493 e. The van der Waals surface area contributed by atoms with Gasteiger partial charge in [0.1, 0.15) is 5.75 Å². The van der Waals surface area contributed by atoms with Crippen LogP contribution in [0.2, 0.25) is 0 Å². The summed E-state index contributed by atoms with van der Waals surface area (Å²) in [4.78, 5) is 16.9. The Kier molecular flexibility index (Phi) is 11.6. The zero-order chi connectivity index (χ0) is 28.4. The average Bonchev–Trinajstić information content (AvgIpc) is 2.93. The van der Waals surface area contributed by atoms with E-state index in [0.29, 0.717) is 32.8 Å². The molecule has 1 aliphatic heterocycles. The van der Waals surface area contributed by atoms with Crippen molar-refractivity contribution in [1.82, 2.24) is 15.1 Å². The van der Waals surface area contributed by atoms with Crippen molar-refractivity contribution in [1.29, 1.82) is 0 Å². The Bertz CT molecular complexity index is 1050. The van der Waals surface area contributed by atoms with Gasteiger partial charge in [-0.2, -0.15) is 13.2 Å². The van der Waals surface area contributed by atoms with Crippen LogP contribution in [0.1, 0.15) is 65.3 Å². The summed E-state index contributed by atoms with van der Waals surface area (Å²) in [5.74, 6) is 0.686. The van der Waals surface area contributed by atoms with Crippen molar-refractivity contribution in [3.05, 3.63) is 64.2 Å². The number of hydrogen-bond acceptors (Lipinski definition) is 5. The standard InChI is InChI=1S/C30H42F3N3O3/c1-5-38-21-15-34-14-6-7-20-39-28-13-12-27(22(2)23(28)3)24(4)35-16-18-36(19-17-35)29(37)25-8-10-26(11-9-25)30(31,32)33/h8-13,24,34H,5-7,14-21H2,1-4H3. The van der Waals surface area contributed by atoms with Crippen LogP contribution in [0.5, 0.6) is 5.75 Å². The maximum absolute atomic E-state index is 12.8. The van der Waals surface area contributed by atoms with Gasteiger partial charge in [-0.3, -0.25) is 9.69 Å². The number of carbonyl (C=O) groups is 1. The maximum Gasteiger partial charge on any atom is 0.416 e. The highest BCUT2D eigenvalue weighted by atomic mass is 19.4. The number of piperazine rings is 1. The van der Waals surface area contributed by atoms with Gasteiger partial charge in [-0.05, 0) is 94.1 Å². The van der Waals surface area contributed by atoms with Crippen molar-refractivity contribution >= 4 is 5.91 Å². The third-order valence-electron chi connectivity index (χ3n) is 7.47. The van der Waals surface area contributed by atoms with E-state index in [9.17, 15) is 18.0 Å². The van der Waals surface area contributed by atoms with Crippen LogP contribution in [-0.4, -0.2) is 74.8 Å². The summed E-state index contributed by atoms with van der Waals surface area (Å²) >= 11 is 0. The quantitative estimate of drug-likeness (QED) is 0.329. The summed E-state index contributed by atoms with van der Waals surface area (Å²) in [6, 6.07) is 8.81. The molecule has 1 unspecified atom stereocenters. The van der Waals surface area contributed by atoms with Gasteiger partial charge in [0.15, 0.2) is 0 Å². The van der Waals surface area contributed by atoms with Crippen molar-refractivity contribution in [3.63, 3.8) is 0 Å². The second kappa shape index (κ2) is 14.7. The molecule has 1 N–H and O–H groups in total. The Morgan fingerprint density at radius 2 is 1.64 bits per heavy atom. The van der Waals surface area contributed by atoms with Crippen LogP contribution in [0.25, 0.3) is 0 Å². The first-order valence-corrected chi connectivity index (χ1v) is 13.9. The average molecular weight is 550 g/mol. The fourth-order valence-corrected chi connectivity index (χ4v) is 4.87. The minimum absolute atomic E-state index is 0.170. The fraction of sp³-hybridized carbons (Fsp3) is 0.567. The molecule has 216 valence electrons. The van der Waals surface area contributed by atoms with E-state index >= 15 is 0 Å². The van der Waals surface area contributed by atoms with E-state index in [4.69, 9.17) is 9.47 Å². The Hall–Kier alpha value is -2.62. The molecule has 2 aromatic rings. The molecule has 39 heavy (non-hydrogen) atoms. The minimum atomic E-state index is -4.41. The second-order valence-electron chi connectivity index (χ2n) is 9.98. The van der Waals surface area contributed by atoms with E-state index in [1.165, 1.54) is 23.3 Å². The lowest BCUT2D eigenvalue weighted by molar-refractivity contribution is -0.137. The number of nitrogens with one attached hydrogen (secondary N) is 1. The van der Waals surface area contributed by atoms with Gasteiger partial charge >= 0.3 is 6.18 Å². The second-order valence-corrected chi connectivity index (χ2v) is 9.98. The van der Waals surface area contributed by atoms with Crippen LogP contribution in [0.3, 0.4) is 0 Å². The normalized spacial score (nSPS) is 15.4. The highest BCUT2D eigenvalue weighted by molar-refractivity contribution is 5.94. The number of benzene rings is 2. The molecule has 0 aromatic heterocycles. The molecule has 1 saturated heterocycles. The van der Waals surface area contributed by atoms with Crippen LogP contribution < -0.4 is 10.1 Å². The van der Waals surface area contributed by atoms with Gasteiger partial charge in [-0.15, -0.1) is 0 Å². The third-order valence-corrected chi connectivity index (χ3v) is 7.47. The number of nitrogens with zero attached hydrogens (tertiary/aromatic N) is 2. The molecule has 2 aromatic carbocycles. The molecule has 0 radical (unpaired) electrons. The Balaban J connectivity index is 1.47. The van der Waals surface area contributed by atoms with Gasteiger partial charge in [0.05, 0.1) is 18.8 Å². The molecule has 1 heterocycles. The Labute approximate surface area is 230 Å². The van der Waals surface area contributed by atoms with Crippen molar-refractivity contribution in [2.24, 2.45) is 0 Å². The SMILES string of the molecule is CCOCCNCCCCOc1ccc(C(C)N2CCN(C(=O)c3ccc(C(F)(F)F)cc3)CC2)c(C)c1C. The molecule has 1 amide bonds. The van der Waals surface area contributed by atoms with Crippen LogP contribution >= 0.6 is 0 Å². The van der Waals surface area contributed by atoms with E-state index < -0.39 is 11.7 Å². The molecule has 0 spiro atoms. The summed E-state index contributed by atoms with van der Waals surface area (Å²) in [6.45, 7) is 14.8. The van der Waals surface area contributed by atoms with Gasteiger partial charge in [-0.25, -0.2) is 0 Å². The molecule has 0 aliphatic carbocycles. The zero-order valence-corrected chi connectivity index (χ0v) is 23.6. The highest BCUT2D eigenvalue weighted by Crippen LogP contribution is 2.32. The molecular weight excluding hydrogens is 507 g/mol. The molecular formula is C30H42F3N3O3. The lowest BCUT2D eigenvalue weighted by atomic mass is 9.96. The van der Waals surface area contributed by atoms with Gasteiger partial charge in [0, 0.05) is 50.9 Å². The number of carbonyl (C=O) groups excluding carboxylic acids is 1. The number of hydrogen-bond donors (Lipinski definition) is 1. The first-order valence-electron chi connectivity index (χ1n) is 13.9. The first-order chi connectivity index (χ1) is 18.6. The summed E-state index contributed by atoms with van der Waals surface area (Å²) in [7, 11) is 0. The van der Waals surface area contributed by atoms with Gasteiger partial charge in [-0.1, -0.05) is 6.07 Å². The molecule has 3 rings (SSSR count). The van der Waals surface area contributed by atoms with E-state index in [2.05, 4.69) is 43.1 Å². The Morgan fingerprint density at radius 3 is 2.28 bits per heavy atom. The molecule has 1 atom stereocenters. The number of ether oxygens (including phenoxy) is 2. The molecule has 1 aliphatic rings. The van der Waals surface area contributed by atoms with Gasteiger partial charge < -0.3 is 19.7 Å². The van der Waals surface area contributed by atoms with E-state index in [1.807, 2.05) is 6.92 Å². The molecule has 1 fully saturated rings. The predicted octanol–water partition coefficient (Wildman–Crippen LogP) is 5.63. The summed E-state index contributed by atoms with van der Waals surface area (Å²) in [5, 5.41) is 3.37. The van der Waals surface area contributed by atoms with E-state index in [-0.39, 0.29) is 17.5 Å². The molecule has 0 saturated carbocycles. The first kappa shape index (κ1) is 30.9. The number of unbranched alkanes of at least 4 members (excludes halogenated alkanes) is 1. The maximum atomic E-state index is 12.8. The lowest BCUT2D eigenvalue weighted by Gasteiger charge is -2.39. The van der Waals surface area contributed by atoms with Crippen LogP contribution in [-0.2, 0) is 10.9 Å². The van der Waals surface area contributed by atoms with Crippen molar-refractivity contribution in [3.8, 4) is 5.75 Å². The summed E-state index contributed by atoms with van der Waals surface area (Å²) < 4.78 is 49.9. The van der Waals surface area contributed by atoms with Crippen molar-refractivity contribution in [2.75, 3.05) is 59.1 Å². The predicted molar refractivity (Wildman–Crippen MR) is 147 cm³/mol. The number of alkyl halides is 3. The van der Waals surface area contributed by atoms with Crippen LogP contribution in [0.4, 0.5) is 13.2 Å². The lowest BCUT2D eigenvalue weighted by Crippen LogP contribution is -2.49. The third kappa shape index (κ3) is 8.68. The number of amides is 1. The Morgan fingerprint density at radius 1 is 0.949 bits per heavy atom. The van der Waals surface area contributed by atoms with Crippen LogP contribution in [0, 0.1) is 13.8 Å². The molecule has 9 heteroatoms. The zero-order valence-electron chi connectivity index (χ0n) is 23.6. The largest absolute Gasteiger partial charge is 0.493 e. The number of rotatable bonds is 13. The highest BCUT2D eigenvalue weighted by Gasteiger charge is 2.31. The van der Waals surface area contributed by atoms with Crippen molar-refractivity contribution in [2.45, 2.75) is 52.8 Å². The fourth-order valence-electron chi connectivity index (χ4n) is 4.87. The smallest absolute Gasteiger partial charge is 0.416 e. The summed E-state index contributed by atoms with van der Waals surface area (Å²) in [6.07, 6.45) is -2.38. The van der Waals surface area contributed by atoms with Crippen LogP contribution in [0.15, 0.2) is 36.4 Å². The monoisotopic (exact) mass is 549 g/mol. The van der Waals surface area contributed by atoms with Gasteiger partial charge in [0.25, 0.3) is 5.91 Å². The van der Waals surface area contributed by atoms with Crippen molar-refractivity contribution < 1.29 is 27.4 Å². The molecule has 6 nitrogen and oxygen atoms in total. The van der Waals surface area contributed by atoms with E-state index in [0.717, 1.165) is 62.6 Å².